The first-order valence-electron chi connectivity index (χ1n) is 7.38. The van der Waals surface area contributed by atoms with Gasteiger partial charge in [-0.3, -0.25) is 4.79 Å². The van der Waals surface area contributed by atoms with Gasteiger partial charge in [-0.15, -0.1) is 0 Å². The zero-order valence-corrected chi connectivity index (χ0v) is 13.9. The zero-order chi connectivity index (χ0) is 15.2. The van der Waals surface area contributed by atoms with E-state index in [1.165, 1.54) is 31.8 Å². The van der Waals surface area contributed by atoms with Gasteiger partial charge in [0.15, 0.2) is 5.78 Å². The summed E-state index contributed by atoms with van der Waals surface area (Å²) in [7, 11) is 3.75. The maximum absolute atomic E-state index is 10.3. The van der Waals surface area contributed by atoms with Crippen LogP contribution in [-0.4, -0.2) is 19.9 Å². The minimum atomic E-state index is 0.141. The standard InChI is InChI=1S/C6H10O.C6H14.C2H7N.C2H6/c1-3-5-6(7)4-2;1-3-5-6-4-2;1-3-2;1-2/h4H,2-3,5H2,1H3;3-6H2,1-2H3;3H,1-2H3;1-2H3. The number of carbonyl (C=O) groups excluding carboxylic acids is 1. The van der Waals surface area contributed by atoms with Crippen LogP contribution in [0.25, 0.3) is 0 Å². The molecule has 0 fully saturated rings. The monoisotopic (exact) mass is 259 g/mol. The molecule has 0 aromatic carbocycles. The molecular formula is C16H37NO. The van der Waals surface area contributed by atoms with Gasteiger partial charge < -0.3 is 5.32 Å². The SMILES string of the molecule is C=CC(=O)CCC.CC.CCCCCC.CNC. The molecule has 0 radical (unpaired) electrons. The largest absolute Gasteiger partial charge is 0.323 e. The number of rotatable bonds is 6. The lowest BCUT2D eigenvalue weighted by Crippen LogP contribution is -1.89. The molecule has 0 rings (SSSR count). The van der Waals surface area contributed by atoms with E-state index in [1.807, 2.05) is 34.9 Å². The highest BCUT2D eigenvalue weighted by Gasteiger charge is 1.87. The van der Waals surface area contributed by atoms with E-state index in [1.54, 1.807) is 0 Å². The summed E-state index contributed by atoms with van der Waals surface area (Å²) in [5.74, 6) is 0.141. The van der Waals surface area contributed by atoms with Gasteiger partial charge in [-0.2, -0.15) is 0 Å². The van der Waals surface area contributed by atoms with Crippen molar-refractivity contribution in [3.05, 3.63) is 12.7 Å². The van der Waals surface area contributed by atoms with Crippen molar-refractivity contribution in [2.45, 2.75) is 73.1 Å². The summed E-state index contributed by atoms with van der Waals surface area (Å²) in [4.78, 5) is 10.3. The minimum absolute atomic E-state index is 0.141. The van der Waals surface area contributed by atoms with Crippen LogP contribution in [0.1, 0.15) is 73.1 Å². The Morgan fingerprint density at radius 3 is 1.44 bits per heavy atom. The van der Waals surface area contributed by atoms with Crippen molar-refractivity contribution < 1.29 is 4.79 Å². The number of carbonyl (C=O) groups is 1. The van der Waals surface area contributed by atoms with Crippen molar-refractivity contribution in [1.82, 2.24) is 5.32 Å². The van der Waals surface area contributed by atoms with E-state index < -0.39 is 0 Å². The third-order valence-corrected chi connectivity index (χ3v) is 1.68. The van der Waals surface area contributed by atoms with Crippen LogP contribution in [0.5, 0.6) is 0 Å². The lowest BCUT2D eigenvalue weighted by Gasteiger charge is -1.86. The van der Waals surface area contributed by atoms with Gasteiger partial charge >= 0.3 is 0 Å². The van der Waals surface area contributed by atoms with Crippen molar-refractivity contribution in [3.8, 4) is 0 Å². The first-order valence-corrected chi connectivity index (χ1v) is 7.38. The second-order valence-corrected chi connectivity index (χ2v) is 3.63. The predicted octanol–water partition coefficient (Wildman–Crippen LogP) is 4.99. The van der Waals surface area contributed by atoms with Gasteiger partial charge in [0.05, 0.1) is 0 Å². The van der Waals surface area contributed by atoms with Gasteiger partial charge in [-0.1, -0.05) is 66.9 Å². The molecule has 0 amide bonds. The number of allylic oxidation sites excluding steroid dienone is 1. The fourth-order valence-corrected chi connectivity index (χ4v) is 0.848. The lowest BCUT2D eigenvalue weighted by molar-refractivity contribution is -0.114. The number of ketones is 1. The Balaban J connectivity index is -0.0000000811. The highest BCUT2D eigenvalue weighted by atomic mass is 16.1. The molecule has 0 aliphatic heterocycles. The molecule has 0 unspecified atom stereocenters. The molecule has 0 aromatic heterocycles. The van der Waals surface area contributed by atoms with Gasteiger partial charge in [0.1, 0.15) is 0 Å². The van der Waals surface area contributed by atoms with Gasteiger partial charge in [-0.25, -0.2) is 0 Å². The molecule has 0 bridgehead atoms. The van der Waals surface area contributed by atoms with Crippen LogP contribution in [0.15, 0.2) is 12.7 Å². The Labute approximate surface area is 116 Å². The maximum atomic E-state index is 10.3. The predicted molar refractivity (Wildman–Crippen MR) is 86.3 cm³/mol. The van der Waals surface area contributed by atoms with Gasteiger partial charge in [0.2, 0.25) is 0 Å². The Kier molecular flexibility index (Phi) is 52.0. The molecule has 1 N–H and O–H groups in total. The van der Waals surface area contributed by atoms with E-state index in [0.717, 1.165) is 6.42 Å². The Bertz CT molecular complexity index is 129. The summed E-state index contributed by atoms with van der Waals surface area (Å²) in [5.41, 5.74) is 0. The molecule has 0 aliphatic carbocycles. The molecule has 0 aliphatic rings. The average molecular weight is 259 g/mol. The van der Waals surface area contributed by atoms with Crippen LogP contribution in [0.3, 0.4) is 0 Å². The average Bonchev–Trinajstić information content (AvgIpc) is 2.40. The molecule has 0 atom stereocenters. The van der Waals surface area contributed by atoms with E-state index in [2.05, 4.69) is 25.7 Å². The highest BCUT2D eigenvalue weighted by molar-refractivity contribution is 5.88. The molecule has 0 saturated carbocycles. The van der Waals surface area contributed by atoms with Crippen molar-refractivity contribution in [3.63, 3.8) is 0 Å². The second-order valence-electron chi connectivity index (χ2n) is 3.63. The summed E-state index contributed by atoms with van der Waals surface area (Å²) >= 11 is 0. The summed E-state index contributed by atoms with van der Waals surface area (Å²) in [6, 6.07) is 0. The first kappa shape index (κ1) is 26.0. The lowest BCUT2D eigenvalue weighted by atomic mass is 10.2. The Morgan fingerprint density at radius 2 is 1.33 bits per heavy atom. The van der Waals surface area contributed by atoms with Gasteiger partial charge in [-0.05, 0) is 26.6 Å². The Morgan fingerprint density at radius 1 is 1.00 bits per heavy atom. The molecule has 0 spiro atoms. The molecule has 0 saturated heterocycles. The highest BCUT2D eigenvalue weighted by Crippen LogP contribution is 1.95. The van der Waals surface area contributed by atoms with E-state index in [4.69, 9.17) is 0 Å². The number of hydrogen-bond acceptors (Lipinski definition) is 2. The normalized spacial score (nSPS) is 7.50. The van der Waals surface area contributed by atoms with Crippen molar-refractivity contribution in [2.24, 2.45) is 0 Å². The first-order chi connectivity index (χ1) is 8.64. The van der Waals surface area contributed by atoms with Gasteiger partial charge in [0, 0.05) is 6.42 Å². The van der Waals surface area contributed by atoms with Crippen LogP contribution in [-0.2, 0) is 4.79 Å². The smallest absolute Gasteiger partial charge is 0.155 e. The zero-order valence-electron chi connectivity index (χ0n) is 13.9. The molecule has 2 nitrogen and oxygen atoms in total. The summed E-state index contributed by atoms with van der Waals surface area (Å²) in [6.45, 7) is 13.8. The van der Waals surface area contributed by atoms with E-state index in [-0.39, 0.29) is 5.78 Å². The van der Waals surface area contributed by atoms with Crippen molar-refractivity contribution >= 4 is 5.78 Å². The fraction of sp³-hybridized carbons (Fsp3) is 0.812. The van der Waals surface area contributed by atoms with Crippen LogP contribution >= 0.6 is 0 Å². The number of hydrogen-bond donors (Lipinski definition) is 1. The second kappa shape index (κ2) is 36.0. The van der Waals surface area contributed by atoms with E-state index in [9.17, 15) is 4.79 Å². The summed E-state index contributed by atoms with van der Waals surface area (Å²) in [6.07, 6.45) is 8.46. The summed E-state index contributed by atoms with van der Waals surface area (Å²) < 4.78 is 0. The van der Waals surface area contributed by atoms with E-state index in [0.29, 0.717) is 6.42 Å². The van der Waals surface area contributed by atoms with Crippen molar-refractivity contribution in [2.75, 3.05) is 14.1 Å². The molecular weight excluding hydrogens is 222 g/mol. The van der Waals surface area contributed by atoms with Crippen LogP contribution in [0, 0.1) is 0 Å². The number of unbranched alkanes of at least 4 members (excludes halogenated alkanes) is 3. The van der Waals surface area contributed by atoms with Crippen molar-refractivity contribution in [1.29, 1.82) is 0 Å². The topological polar surface area (TPSA) is 29.1 Å². The molecule has 112 valence electrons. The summed E-state index contributed by atoms with van der Waals surface area (Å²) in [5, 5.41) is 2.75. The fourth-order valence-electron chi connectivity index (χ4n) is 0.848. The number of nitrogens with one attached hydrogen (secondary N) is 1. The van der Waals surface area contributed by atoms with Gasteiger partial charge in [0.25, 0.3) is 0 Å². The third kappa shape index (κ3) is 58.4. The maximum Gasteiger partial charge on any atom is 0.155 e. The molecule has 0 aromatic rings. The van der Waals surface area contributed by atoms with Crippen LogP contribution in [0.2, 0.25) is 0 Å². The minimum Gasteiger partial charge on any atom is -0.323 e. The van der Waals surface area contributed by atoms with E-state index >= 15 is 0 Å². The third-order valence-electron chi connectivity index (χ3n) is 1.68. The van der Waals surface area contributed by atoms with Crippen LogP contribution < -0.4 is 5.32 Å². The Hall–Kier alpha value is -0.630. The molecule has 18 heavy (non-hydrogen) atoms. The molecule has 0 heterocycles. The molecule has 2 heteroatoms. The van der Waals surface area contributed by atoms with Crippen LogP contribution in [0.4, 0.5) is 0 Å². The quantitative estimate of drug-likeness (QED) is 0.538.